The molecule has 43 heavy (non-hydrogen) atoms. The number of sulfonamides is 1. The Morgan fingerprint density at radius 2 is 1.91 bits per heavy atom. The van der Waals surface area contributed by atoms with Gasteiger partial charge in [-0.1, -0.05) is 24.3 Å². The van der Waals surface area contributed by atoms with Crippen molar-refractivity contribution in [2.75, 3.05) is 41.2 Å². The lowest BCUT2D eigenvalue weighted by Gasteiger charge is -2.25. The fourth-order valence-electron chi connectivity index (χ4n) is 5.64. The third-order valence-electron chi connectivity index (χ3n) is 7.94. The van der Waals surface area contributed by atoms with Crippen LogP contribution < -0.4 is 19.2 Å². The summed E-state index contributed by atoms with van der Waals surface area (Å²) in [5.41, 5.74) is 2.62. The molecule has 0 saturated carbocycles. The molecule has 12 heteroatoms. The minimum absolute atomic E-state index is 0.00975. The molecule has 2 saturated heterocycles. The van der Waals surface area contributed by atoms with Gasteiger partial charge < -0.3 is 20.1 Å². The highest BCUT2D eigenvalue weighted by Gasteiger charge is 2.28. The van der Waals surface area contributed by atoms with Gasteiger partial charge in [0.1, 0.15) is 5.75 Å². The van der Waals surface area contributed by atoms with Crippen LogP contribution in [-0.2, 0) is 14.8 Å². The highest BCUT2D eigenvalue weighted by Crippen LogP contribution is 2.40. The van der Waals surface area contributed by atoms with Crippen LogP contribution >= 0.6 is 11.8 Å². The number of nitrogens with zero attached hydrogens (tertiary/aromatic N) is 4. The lowest BCUT2D eigenvalue weighted by molar-refractivity contribution is 0.0723. The molecule has 6 rings (SSSR count). The van der Waals surface area contributed by atoms with Gasteiger partial charge in [0.05, 0.1) is 22.7 Å². The van der Waals surface area contributed by atoms with E-state index < -0.39 is 10.0 Å². The SMILES string of the molecule is Cc1ccc2c(N(Cl)S(=O)(=O)CC3CCOCC3)cccc2c1Oc1ncccc1-c1ccnc(N[C@H]2CCCNC2)n1. The van der Waals surface area contributed by atoms with Crippen molar-refractivity contribution in [2.24, 2.45) is 5.92 Å². The van der Waals surface area contributed by atoms with E-state index in [1.165, 1.54) is 0 Å². The van der Waals surface area contributed by atoms with Crippen molar-refractivity contribution in [1.29, 1.82) is 0 Å². The second-order valence-electron chi connectivity index (χ2n) is 11.0. The van der Waals surface area contributed by atoms with Gasteiger partial charge >= 0.3 is 0 Å². The van der Waals surface area contributed by atoms with E-state index in [1.54, 1.807) is 24.5 Å². The van der Waals surface area contributed by atoms with Gasteiger partial charge in [-0.05, 0) is 74.9 Å². The number of anilines is 2. The van der Waals surface area contributed by atoms with Gasteiger partial charge in [0, 0.05) is 60.7 Å². The molecule has 10 nitrogen and oxygen atoms in total. The highest BCUT2D eigenvalue weighted by molar-refractivity contribution is 7.94. The molecule has 2 fully saturated rings. The molecule has 4 heterocycles. The van der Waals surface area contributed by atoms with Crippen molar-refractivity contribution in [3.8, 4) is 22.9 Å². The van der Waals surface area contributed by atoms with E-state index in [4.69, 9.17) is 26.2 Å². The van der Waals surface area contributed by atoms with Gasteiger partial charge in [-0.2, -0.15) is 3.82 Å². The zero-order valence-electron chi connectivity index (χ0n) is 24.0. The van der Waals surface area contributed by atoms with Crippen LogP contribution in [0.15, 0.2) is 60.9 Å². The molecule has 1 atom stereocenters. The maximum atomic E-state index is 13.3. The Kier molecular flexibility index (Phi) is 8.94. The monoisotopic (exact) mass is 622 g/mol. The quantitative estimate of drug-likeness (QED) is 0.228. The van der Waals surface area contributed by atoms with E-state index in [2.05, 4.69) is 20.6 Å². The van der Waals surface area contributed by atoms with E-state index in [-0.39, 0.29) is 17.7 Å². The van der Waals surface area contributed by atoms with Crippen molar-refractivity contribution in [3.05, 3.63) is 66.5 Å². The molecular formula is C31H35ClN6O4S. The topological polar surface area (TPSA) is 119 Å². The number of pyridine rings is 1. The minimum Gasteiger partial charge on any atom is -0.437 e. The molecule has 0 radical (unpaired) electrons. The number of piperidine rings is 1. The third-order valence-corrected chi connectivity index (χ3v) is 10.3. The molecule has 2 aliphatic heterocycles. The number of hydrogen-bond acceptors (Lipinski definition) is 9. The zero-order valence-corrected chi connectivity index (χ0v) is 25.6. The Hall–Kier alpha value is -3.51. The maximum absolute atomic E-state index is 13.3. The summed E-state index contributed by atoms with van der Waals surface area (Å²) in [6.45, 7) is 4.97. The van der Waals surface area contributed by atoms with Crippen molar-refractivity contribution < 1.29 is 17.9 Å². The van der Waals surface area contributed by atoms with Crippen LogP contribution in [0.1, 0.15) is 31.2 Å². The molecule has 0 aliphatic carbocycles. The fraction of sp³-hybridized carbons (Fsp3) is 0.387. The van der Waals surface area contributed by atoms with Crippen LogP contribution in [0.25, 0.3) is 22.0 Å². The number of hydrogen-bond donors (Lipinski definition) is 2. The van der Waals surface area contributed by atoms with Crippen LogP contribution in [0.5, 0.6) is 11.6 Å². The van der Waals surface area contributed by atoms with Crippen LogP contribution in [0, 0.1) is 12.8 Å². The molecule has 4 aromatic rings. The van der Waals surface area contributed by atoms with Crippen molar-refractivity contribution >= 4 is 44.2 Å². The molecule has 0 spiro atoms. The molecule has 2 aromatic carbocycles. The first-order valence-corrected chi connectivity index (χ1v) is 16.6. The molecule has 2 aromatic heterocycles. The molecule has 0 unspecified atom stereocenters. The van der Waals surface area contributed by atoms with E-state index in [0.717, 1.165) is 40.7 Å². The first kappa shape index (κ1) is 29.6. The summed E-state index contributed by atoms with van der Waals surface area (Å²) >= 11 is 6.58. The number of nitrogens with one attached hydrogen (secondary N) is 2. The smallest absolute Gasteiger partial charge is 0.249 e. The second kappa shape index (κ2) is 13.0. The average Bonchev–Trinajstić information content (AvgIpc) is 3.03. The number of aromatic nitrogens is 3. The van der Waals surface area contributed by atoms with Crippen molar-refractivity contribution in [1.82, 2.24) is 20.3 Å². The Morgan fingerprint density at radius 3 is 2.72 bits per heavy atom. The largest absolute Gasteiger partial charge is 0.437 e. The van der Waals surface area contributed by atoms with Gasteiger partial charge in [0.15, 0.2) is 0 Å². The van der Waals surface area contributed by atoms with Crippen LogP contribution in [-0.4, -0.2) is 61.5 Å². The Labute approximate surface area is 257 Å². The van der Waals surface area contributed by atoms with Crippen molar-refractivity contribution in [2.45, 2.75) is 38.6 Å². The summed E-state index contributed by atoms with van der Waals surface area (Å²) in [5, 5.41) is 8.20. The fourth-order valence-corrected chi connectivity index (χ4v) is 7.47. The Bertz CT molecular complexity index is 1690. The van der Waals surface area contributed by atoms with Crippen LogP contribution in [0.4, 0.5) is 11.6 Å². The summed E-state index contributed by atoms with van der Waals surface area (Å²) in [6, 6.07) is 15.0. The predicted molar refractivity (Wildman–Crippen MR) is 169 cm³/mol. The summed E-state index contributed by atoms with van der Waals surface area (Å²) in [6.07, 6.45) is 6.95. The van der Waals surface area contributed by atoms with Gasteiger partial charge in [-0.15, -0.1) is 0 Å². The molecule has 2 N–H and O–H groups in total. The molecular weight excluding hydrogens is 588 g/mol. The standard InChI is InChI=1S/C31H35ClN6O4S/c1-21-9-10-24-25(6-2-8-28(24)38(32)43(39,40)20-22-12-17-41-18-13-22)29(21)42-30-26(7-4-15-34-30)27-11-16-35-31(37-27)36-23-5-3-14-33-19-23/h2,4,6-11,15-16,22-23,33H,3,5,12-14,17-20H2,1H3,(H,35,36,37)/t23-/m0/s1. The number of rotatable bonds is 9. The number of ether oxygens (including phenoxy) is 2. The van der Waals surface area contributed by atoms with Crippen molar-refractivity contribution in [3.63, 3.8) is 0 Å². The maximum Gasteiger partial charge on any atom is 0.249 e. The van der Waals surface area contributed by atoms with Gasteiger partial charge in [0.2, 0.25) is 21.9 Å². The summed E-state index contributed by atoms with van der Waals surface area (Å²) < 4.78 is 39.4. The first-order chi connectivity index (χ1) is 20.9. The van der Waals surface area contributed by atoms with E-state index in [0.29, 0.717) is 66.0 Å². The van der Waals surface area contributed by atoms with Gasteiger partial charge in [0.25, 0.3) is 0 Å². The third kappa shape index (κ3) is 6.70. The predicted octanol–water partition coefficient (Wildman–Crippen LogP) is 5.67. The van der Waals surface area contributed by atoms with Gasteiger partial charge in [-0.25, -0.2) is 23.4 Å². The minimum atomic E-state index is -3.78. The Morgan fingerprint density at radius 1 is 1.05 bits per heavy atom. The van der Waals surface area contributed by atoms with Crippen LogP contribution in [0.3, 0.4) is 0 Å². The molecule has 0 amide bonds. The number of halogens is 1. The summed E-state index contributed by atoms with van der Waals surface area (Å²) in [7, 11) is -3.78. The van der Waals surface area contributed by atoms with Crippen LogP contribution in [0.2, 0.25) is 0 Å². The van der Waals surface area contributed by atoms with Gasteiger partial charge in [-0.3, -0.25) is 0 Å². The second-order valence-corrected chi connectivity index (χ2v) is 13.4. The number of benzene rings is 2. The number of fused-ring (bicyclic) bond motifs is 1. The molecule has 0 bridgehead atoms. The molecule has 226 valence electrons. The van der Waals surface area contributed by atoms with E-state index >= 15 is 0 Å². The van der Waals surface area contributed by atoms with E-state index in [1.807, 2.05) is 43.3 Å². The normalized spacial score (nSPS) is 18.0. The Balaban J connectivity index is 1.31. The zero-order chi connectivity index (χ0) is 29.8. The highest BCUT2D eigenvalue weighted by atomic mass is 35.5. The summed E-state index contributed by atoms with van der Waals surface area (Å²) in [4.78, 5) is 13.7. The number of aryl methyl sites for hydroxylation is 1. The average molecular weight is 623 g/mol. The molecule has 2 aliphatic rings. The lowest BCUT2D eigenvalue weighted by Crippen LogP contribution is -2.38. The van der Waals surface area contributed by atoms with E-state index in [9.17, 15) is 8.42 Å². The summed E-state index contributed by atoms with van der Waals surface area (Å²) in [5.74, 6) is 1.47. The first-order valence-electron chi connectivity index (χ1n) is 14.6. The lowest BCUT2D eigenvalue weighted by atomic mass is 10.0.